The van der Waals surface area contributed by atoms with Crippen molar-refractivity contribution in [1.29, 1.82) is 0 Å². The highest BCUT2D eigenvalue weighted by Gasteiger charge is 2.21. The van der Waals surface area contributed by atoms with Crippen molar-refractivity contribution in [1.82, 2.24) is 5.32 Å². The van der Waals surface area contributed by atoms with Crippen molar-refractivity contribution < 1.29 is 10.2 Å². The zero-order valence-electron chi connectivity index (χ0n) is 8.53. The van der Waals surface area contributed by atoms with Crippen molar-refractivity contribution in [2.45, 2.75) is 63.8 Å². The van der Waals surface area contributed by atoms with Crippen LogP contribution in [0, 0.1) is 0 Å². The SMILES string of the molecule is CC(O)C(C)NC1CCC(O)CC1. The summed E-state index contributed by atoms with van der Waals surface area (Å²) in [4.78, 5) is 0. The van der Waals surface area contributed by atoms with Gasteiger partial charge < -0.3 is 15.5 Å². The molecule has 0 amide bonds. The molecule has 13 heavy (non-hydrogen) atoms. The number of nitrogens with one attached hydrogen (secondary N) is 1. The molecule has 2 unspecified atom stereocenters. The van der Waals surface area contributed by atoms with E-state index < -0.39 is 0 Å². The lowest BCUT2D eigenvalue weighted by Crippen LogP contribution is -2.44. The largest absolute Gasteiger partial charge is 0.393 e. The zero-order chi connectivity index (χ0) is 9.84. The third kappa shape index (κ3) is 3.63. The maximum absolute atomic E-state index is 9.29. The van der Waals surface area contributed by atoms with Gasteiger partial charge in [0.05, 0.1) is 12.2 Å². The molecule has 0 aromatic rings. The first-order valence-electron chi connectivity index (χ1n) is 5.21. The number of aliphatic hydroxyl groups excluding tert-OH is 2. The van der Waals surface area contributed by atoms with Crippen LogP contribution in [0.2, 0.25) is 0 Å². The third-order valence-corrected chi connectivity index (χ3v) is 2.92. The molecule has 0 radical (unpaired) electrons. The van der Waals surface area contributed by atoms with E-state index in [0.29, 0.717) is 6.04 Å². The number of hydrogen-bond donors (Lipinski definition) is 3. The van der Waals surface area contributed by atoms with E-state index in [1.807, 2.05) is 6.92 Å². The molecule has 0 bridgehead atoms. The predicted molar refractivity (Wildman–Crippen MR) is 52.5 cm³/mol. The standard InChI is InChI=1S/C10H21NO2/c1-7(8(2)12)11-9-3-5-10(13)6-4-9/h7-13H,3-6H2,1-2H3. The second kappa shape index (κ2) is 4.94. The molecule has 0 aromatic carbocycles. The van der Waals surface area contributed by atoms with Crippen molar-refractivity contribution in [3.63, 3.8) is 0 Å². The van der Waals surface area contributed by atoms with Gasteiger partial charge in [0.15, 0.2) is 0 Å². The van der Waals surface area contributed by atoms with Gasteiger partial charge in [-0.1, -0.05) is 0 Å². The molecule has 0 saturated heterocycles. The van der Waals surface area contributed by atoms with Gasteiger partial charge >= 0.3 is 0 Å². The van der Waals surface area contributed by atoms with Crippen molar-refractivity contribution in [3.8, 4) is 0 Å². The van der Waals surface area contributed by atoms with Crippen LogP contribution in [0.25, 0.3) is 0 Å². The summed E-state index contributed by atoms with van der Waals surface area (Å²) in [5, 5.41) is 22.0. The van der Waals surface area contributed by atoms with Crippen LogP contribution >= 0.6 is 0 Å². The Hall–Kier alpha value is -0.120. The van der Waals surface area contributed by atoms with Crippen molar-refractivity contribution in [3.05, 3.63) is 0 Å². The molecule has 0 aromatic heterocycles. The van der Waals surface area contributed by atoms with Crippen LogP contribution in [0.4, 0.5) is 0 Å². The minimum absolute atomic E-state index is 0.0973. The molecule has 1 aliphatic rings. The van der Waals surface area contributed by atoms with Gasteiger partial charge in [-0.3, -0.25) is 0 Å². The van der Waals surface area contributed by atoms with E-state index in [1.54, 1.807) is 6.92 Å². The van der Waals surface area contributed by atoms with Gasteiger partial charge in [-0.05, 0) is 39.5 Å². The van der Waals surface area contributed by atoms with Crippen LogP contribution in [-0.4, -0.2) is 34.5 Å². The second-order valence-corrected chi connectivity index (χ2v) is 4.20. The number of rotatable bonds is 3. The average Bonchev–Trinajstić information content (AvgIpc) is 2.08. The molecular weight excluding hydrogens is 166 g/mol. The Bertz CT molecular complexity index is 142. The van der Waals surface area contributed by atoms with Crippen LogP contribution in [0.5, 0.6) is 0 Å². The van der Waals surface area contributed by atoms with Crippen molar-refractivity contribution >= 4 is 0 Å². The van der Waals surface area contributed by atoms with E-state index in [-0.39, 0.29) is 18.2 Å². The van der Waals surface area contributed by atoms with Gasteiger partial charge in [-0.2, -0.15) is 0 Å². The molecule has 0 spiro atoms. The van der Waals surface area contributed by atoms with Crippen molar-refractivity contribution in [2.24, 2.45) is 0 Å². The molecule has 1 saturated carbocycles. The van der Waals surface area contributed by atoms with E-state index in [0.717, 1.165) is 25.7 Å². The van der Waals surface area contributed by atoms with E-state index in [1.165, 1.54) is 0 Å². The fourth-order valence-corrected chi connectivity index (χ4v) is 1.75. The van der Waals surface area contributed by atoms with Crippen molar-refractivity contribution in [2.75, 3.05) is 0 Å². The summed E-state index contributed by atoms with van der Waals surface area (Å²) in [6.45, 7) is 3.80. The minimum atomic E-state index is -0.299. The Balaban J connectivity index is 2.22. The molecule has 3 nitrogen and oxygen atoms in total. The highest BCUT2D eigenvalue weighted by molar-refractivity contribution is 4.80. The summed E-state index contributed by atoms with van der Waals surface area (Å²) in [7, 11) is 0. The summed E-state index contributed by atoms with van der Waals surface area (Å²) >= 11 is 0. The quantitative estimate of drug-likeness (QED) is 0.608. The third-order valence-electron chi connectivity index (χ3n) is 2.92. The summed E-state index contributed by atoms with van der Waals surface area (Å²) in [6, 6.07) is 0.633. The van der Waals surface area contributed by atoms with Gasteiger partial charge in [0, 0.05) is 12.1 Å². The topological polar surface area (TPSA) is 52.5 Å². The molecule has 1 fully saturated rings. The maximum atomic E-state index is 9.29. The lowest BCUT2D eigenvalue weighted by Gasteiger charge is -2.30. The fourth-order valence-electron chi connectivity index (χ4n) is 1.75. The molecule has 2 atom stereocenters. The van der Waals surface area contributed by atoms with E-state index >= 15 is 0 Å². The Morgan fingerprint density at radius 2 is 1.69 bits per heavy atom. The summed E-state index contributed by atoms with van der Waals surface area (Å²) in [6.07, 6.45) is 3.44. The predicted octanol–water partition coefficient (Wildman–Crippen LogP) is 0.649. The smallest absolute Gasteiger partial charge is 0.0662 e. The van der Waals surface area contributed by atoms with Gasteiger partial charge in [0.2, 0.25) is 0 Å². The number of hydrogen-bond acceptors (Lipinski definition) is 3. The van der Waals surface area contributed by atoms with Gasteiger partial charge in [-0.25, -0.2) is 0 Å². The van der Waals surface area contributed by atoms with Gasteiger partial charge in [0.25, 0.3) is 0 Å². The Kier molecular flexibility index (Phi) is 4.16. The summed E-state index contributed by atoms with van der Waals surface area (Å²) in [5.41, 5.74) is 0. The molecule has 3 heteroatoms. The molecule has 1 aliphatic carbocycles. The first-order chi connectivity index (χ1) is 6.09. The summed E-state index contributed by atoms with van der Waals surface area (Å²) in [5.74, 6) is 0. The van der Waals surface area contributed by atoms with E-state index in [9.17, 15) is 10.2 Å². The molecule has 0 aliphatic heterocycles. The van der Waals surface area contributed by atoms with Crippen LogP contribution in [0.15, 0.2) is 0 Å². The molecule has 78 valence electrons. The minimum Gasteiger partial charge on any atom is -0.393 e. The molecule has 1 rings (SSSR count). The van der Waals surface area contributed by atoms with Crippen LogP contribution in [-0.2, 0) is 0 Å². The lowest BCUT2D eigenvalue weighted by atomic mass is 9.92. The van der Waals surface area contributed by atoms with Crippen LogP contribution in [0.1, 0.15) is 39.5 Å². The van der Waals surface area contributed by atoms with E-state index in [4.69, 9.17) is 0 Å². The van der Waals surface area contributed by atoms with Crippen LogP contribution in [0.3, 0.4) is 0 Å². The molecule has 3 N–H and O–H groups in total. The van der Waals surface area contributed by atoms with Gasteiger partial charge in [0.1, 0.15) is 0 Å². The van der Waals surface area contributed by atoms with E-state index in [2.05, 4.69) is 5.32 Å². The highest BCUT2D eigenvalue weighted by atomic mass is 16.3. The lowest BCUT2D eigenvalue weighted by molar-refractivity contribution is 0.100. The first-order valence-corrected chi connectivity index (χ1v) is 5.21. The Labute approximate surface area is 80.2 Å². The molecular formula is C10H21NO2. The summed E-state index contributed by atoms with van der Waals surface area (Å²) < 4.78 is 0. The average molecular weight is 187 g/mol. The fraction of sp³-hybridized carbons (Fsp3) is 1.00. The highest BCUT2D eigenvalue weighted by Crippen LogP contribution is 2.18. The Morgan fingerprint density at radius 3 is 2.15 bits per heavy atom. The Morgan fingerprint density at radius 1 is 1.15 bits per heavy atom. The second-order valence-electron chi connectivity index (χ2n) is 4.20. The van der Waals surface area contributed by atoms with Crippen LogP contribution < -0.4 is 5.32 Å². The molecule has 0 heterocycles. The maximum Gasteiger partial charge on any atom is 0.0662 e. The first kappa shape index (κ1) is 11.0. The number of aliphatic hydroxyl groups is 2. The van der Waals surface area contributed by atoms with Gasteiger partial charge in [-0.15, -0.1) is 0 Å². The normalized spacial score (nSPS) is 34.2. The monoisotopic (exact) mass is 187 g/mol. The zero-order valence-corrected chi connectivity index (χ0v) is 8.53.